The number of hydrogen-bond donors (Lipinski definition) is 0. The van der Waals surface area contributed by atoms with Crippen LogP contribution in [0.25, 0.3) is 59.9 Å². The molecule has 0 saturated carbocycles. The number of anilines is 3. The van der Waals surface area contributed by atoms with Crippen LogP contribution in [0, 0.1) is 0 Å². The first-order valence-electron chi connectivity index (χ1n) is 13.3. The summed E-state index contributed by atoms with van der Waals surface area (Å²) >= 11 is 0. The van der Waals surface area contributed by atoms with Crippen LogP contribution >= 0.6 is 0 Å². The summed E-state index contributed by atoms with van der Waals surface area (Å²) in [5.41, 5.74) is 3.32. The minimum atomic E-state index is 0.886. The van der Waals surface area contributed by atoms with Gasteiger partial charge in [-0.3, -0.25) is 4.90 Å². The molecule has 0 amide bonds. The summed E-state index contributed by atoms with van der Waals surface area (Å²) < 4.78 is 0. The molecular formula is C37H24N2. The van der Waals surface area contributed by atoms with E-state index in [4.69, 9.17) is 4.98 Å². The van der Waals surface area contributed by atoms with E-state index in [2.05, 4.69) is 121 Å². The molecule has 1 heterocycles. The van der Waals surface area contributed by atoms with E-state index < -0.39 is 0 Å². The van der Waals surface area contributed by atoms with Crippen LogP contribution in [0.3, 0.4) is 0 Å². The van der Waals surface area contributed by atoms with E-state index in [0.29, 0.717) is 0 Å². The smallest absolute Gasteiger partial charge is 0.137 e. The molecule has 8 aromatic rings. The van der Waals surface area contributed by atoms with Crippen LogP contribution in [0.5, 0.6) is 0 Å². The number of aromatic nitrogens is 1. The summed E-state index contributed by atoms with van der Waals surface area (Å²) in [6.07, 6.45) is 3.80. The number of fused-ring (bicyclic) bond motifs is 3. The zero-order valence-electron chi connectivity index (χ0n) is 21.3. The van der Waals surface area contributed by atoms with E-state index in [1.165, 1.54) is 53.9 Å². The van der Waals surface area contributed by atoms with Gasteiger partial charge in [0.15, 0.2) is 0 Å². The molecule has 0 radical (unpaired) electrons. The molecule has 1 aromatic heterocycles. The zero-order valence-corrected chi connectivity index (χ0v) is 21.3. The maximum atomic E-state index is 4.78. The van der Waals surface area contributed by atoms with Crippen molar-refractivity contribution in [3.63, 3.8) is 0 Å². The third-order valence-corrected chi connectivity index (χ3v) is 7.94. The van der Waals surface area contributed by atoms with E-state index in [9.17, 15) is 0 Å². The Morgan fingerprint density at radius 1 is 0.513 bits per heavy atom. The molecule has 2 nitrogen and oxygen atoms in total. The Hall–Kier alpha value is -5.21. The first kappa shape index (κ1) is 21.8. The van der Waals surface area contributed by atoms with Gasteiger partial charge in [-0.1, -0.05) is 97.6 Å². The number of rotatable bonds is 4. The van der Waals surface area contributed by atoms with Crippen LogP contribution in [0.4, 0.5) is 17.2 Å². The van der Waals surface area contributed by atoms with Gasteiger partial charge in [0.1, 0.15) is 5.82 Å². The third kappa shape index (κ3) is 3.32. The van der Waals surface area contributed by atoms with Gasteiger partial charge in [-0.25, -0.2) is 4.98 Å². The molecule has 0 aliphatic carbocycles. The van der Waals surface area contributed by atoms with Crippen molar-refractivity contribution in [1.29, 1.82) is 0 Å². The standard InChI is InChI=1S/C37H24N2/c1-2-24-7-5-8-25-12-15-28-21-31(18-19-33(28)35(24)25)39(34-11-3-4-20-38-34)32-22-29-16-13-26-9-6-10-27-14-17-30(23-32)37(29)36(26)27/h2-23H,1H2. The molecule has 0 atom stereocenters. The lowest BCUT2D eigenvalue weighted by atomic mass is 9.93. The third-order valence-electron chi connectivity index (χ3n) is 7.94. The quantitative estimate of drug-likeness (QED) is 0.225. The average Bonchev–Trinajstić information content (AvgIpc) is 3.00. The lowest BCUT2D eigenvalue weighted by Gasteiger charge is -2.26. The Kier molecular flexibility index (Phi) is 4.71. The lowest BCUT2D eigenvalue weighted by Crippen LogP contribution is -2.11. The number of nitrogens with zero attached hydrogens (tertiary/aromatic N) is 2. The molecule has 7 aromatic carbocycles. The molecule has 0 saturated heterocycles. The highest BCUT2D eigenvalue weighted by atomic mass is 15.2. The van der Waals surface area contributed by atoms with Crippen LogP contribution in [-0.4, -0.2) is 4.98 Å². The van der Waals surface area contributed by atoms with Gasteiger partial charge in [0.25, 0.3) is 0 Å². The predicted octanol–water partition coefficient (Wildman–Crippen LogP) is 10.4. The number of pyridine rings is 1. The minimum Gasteiger partial charge on any atom is -0.295 e. The highest BCUT2D eigenvalue weighted by molar-refractivity contribution is 6.24. The first-order valence-corrected chi connectivity index (χ1v) is 13.3. The lowest BCUT2D eigenvalue weighted by molar-refractivity contribution is 1.19. The number of benzene rings is 7. The van der Waals surface area contributed by atoms with Crippen LogP contribution < -0.4 is 4.90 Å². The van der Waals surface area contributed by atoms with Gasteiger partial charge in [-0.05, 0) is 95.8 Å². The first-order chi connectivity index (χ1) is 19.3. The van der Waals surface area contributed by atoms with Gasteiger partial charge in [-0.2, -0.15) is 0 Å². The van der Waals surface area contributed by atoms with Gasteiger partial charge in [-0.15, -0.1) is 0 Å². The average molecular weight is 497 g/mol. The molecule has 0 aliphatic heterocycles. The highest BCUT2D eigenvalue weighted by Gasteiger charge is 2.17. The van der Waals surface area contributed by atoms with Gasteiger partial charge < -0.3 is 0 Å². The van der Waals surface area contributed by atoms with Crippen molar-refractivity contribution in [3.8, 4) is 0 Å². The van der Waals surface area contributed by atoms with Crippen LogP contribution in [0.1, 0.15) is 5.56 Å². The van der Waals surface area contributed by atoms with Crippen LogP contribution in [-0.2, 0) is 0 Å². The van der Waals surface area contributed by atoms with Gasteiger partial charge in [0, 0.05) is 17.6 Å². The second-order valence-electron chi connectivity index (χ2n) is 10.1. The van der Waals surface area contributed by atoms with E-state index >= 15 is 0 Å². The van der Waals surface area contributed by atoms with E-state index in [-0.39, 0.29) is 0 Å². The number of hydrogen-bond acceptors (Lipinski definition) is 2. The van der Waals surface area contributed by atoms with E-state index in [0.717, 1.165) is 22.8 Å². The molecule has 0 bridgehead atoms. The molecule has 0 unspecified atom stereocenters. The van der Waals surface area contributed by atoms with Crippen molar-refractivity contribution >= 4 is 77.1 Å². The maximum absolute atomic E-state index is 4.78. The van der Waals surface area contributed by atoms with Crippen molar-refractivity contribution in [2.75, 3.05) is 4.90 Å². The fourth-order valence-corrected chi connectivity index (χ4v) is 6.21. The Balaban J connectivity index is 1.39. The second-order valence-corrected chi connectivity index (χ2v) is 10.1. The molecule has 182 valence electrons. The summed E-state index contributed by atoms with van der Waals surface area (Å²) in [4.78, 5) is 7.04. The fraction of sp³-hybridized carbons (Fsp3) is 0. The van der Waals surface area contributed by atoms with Crippen molar-refractivity contribution in [1.82, 2.24) is 4.98 Å². The summed E-state index contributed by atoms with van der Waals surface area (Å²) in [6, 6.07) is 43.7. The van der Waals surface area contributed by atoms with Gasteiger partial charge in [0.2, 0.25) is 0 Å². The van der Waals surface area contributed by atoms with Gasteiger partial charge >= 0.3 is 0 Å². The molecule has 0 N–H and O–H groups in total. The van der Waals surface area contributed by atoms with Crippen LogP contribution in [0.2, 0.25) is 0 Å². The Bertz CT molecular complexity index is 2130. The Labute approximate surface area is 226 Å². The molecule has 2 heteroatoms. The molecule has 8 rings (SSSR count). The SMILES string of the molecule is C=Cc1cccc2ccc3cc(N(c4cc5ccc6cccc7ccc(c4)c5c67)c4ccccn4)ccc3c12. The minimum absolute atomic E-state index is 0.886. The maximum Gasteiger partial charge on any atom is 0.137 e. The van der Waals surface area contributed by atoms with Gasteiger partial charge in [0.05, 0.1) is 0 Å². The van der Waals surface area contributed by atoms with Crippen molar-refractivity contribution < 1.29 is 0 Å². The van der Waals surface area contributed by atoms with E-state index in [1.54, 1.807) is 0 Å². The molecule has 0 spiro atoms. The summed E-state index contributed by atoms with van der Waals surface area (Å²) in [6.45, 7) is 4.06. The summed E-state index contributed by atoms with van der Waals surface area (Å²) in [5, 5.41) is 12.5. The Morgan fingerprint density at radius 3 is 1.82 bits per heavy atom. The summed E-state index contributed by atoms with van der Waals surface area (Å²) in [5.74, 6) is 0.886. The largest absolute Gasteiger partial charge is 0.295 e. The molecular weight excluding hydrogens is 472 g/mol. The summed E-state index contributed by atoms with van der Waals surface area (Å²) in [7, 11) is 0. The monoisotopic (exact) mass is 496 g/mol. The van der Waals surface area contributed by atoms with Crippen LogP contribution in [0.15, 0.2) is 134 Å². The Morgan fingerprint density at radius 2 is 1.13 bits per heavy atom. The van der Waals surface area contributed by atoms with E-state index in [1.807, 2.05) is 24.4 Å². The highest BCUT2D eigenvalue weighted by Crippen LogP contribution is 2.42. The normalized spacial score (nSPS) is 11.7. The topological polar surface area (TPSA) is 16.1 Å². The van der Waals surface area contributed by atoms with Crippen molar-refractivity contribution in [3.05, 3.63) is 140 Å². The van der Waals surface area contributed by atoms with Crippen molar-refractivity contribution in [2.24, 2.45) is 0 Å². The zero-order chi connectivity index (χ0) is 25.9. The molecule has 0 fully saturated rings. The fourth-order valence-electron chi connectivity index (χ4n) is 6.21. The predicted molar refractivity (Wildman–Crippen MR) is 168 cm³/mol. The van der Waals surface area contributed by atoms with Crippen molar-refractivity contribution in [2.45, 2.75) is 0 Å². The molecule has 0 aliphatic rings. The second kappa shape index (κ2) is 8.41. The molecule has 39 heavy (non-hydrogen) atoms.